The van der Waals surface area contributed by atoms with Gasteiger partial charge >= 0.3 is 0 Å². The van der Waals surface area contributed by atoms with E-state index in [4.69, 9.17) is 0 Å². The molecule has 3 nitrogen and oxygen atoms in total. The van der Waals surface area contributed by atoms with Gasteiger partial charge in [-0.05, 0) is 11.6 Å². The quantitative estimate of drug-likeness (QED) is 0.706. The van der Waals surface area contributed by atoms with E-state index >= 15 is 0 Å². The van der Waals surface area contributed by atoms with Crippen molar-refractivity contribution in [3.05, 3.63) is 36.6 Å². The Labute approximate surface area is 82.2 Å². The molecule has 0 unspecified atom stereocenters. The van der Waals surface area contributed by atoms with E-state index in [0.29, 0.717) is 18.5 Å². The van der Waals surface area contributed by atoms with Gasteiger partial charge in [-0.25, -0.2) is 0 Å². The van der Waals surface area contributed by atoms with Crippen LogP contribution in [-0.4, -0.2) is 11.7 Å². The summed E-state index contributed by atoms with van der Waals surface area (Å²) in [7, 11) is 0. The highest BCUT2D eigenvalue weighted by Crippen LogP contribution is 2.49. The fourth-order valence-electron chi connectivity index (χ4n) is 2.13. The van der Waals surface area contributed by atoms with Gasteiger partial charge < -0.3 is 5.32 Å². The van der Waals surface area contributed by atoms with Crippen molar-refractivity contribution < 1.29 is 9.59 Å². The number of Topliss-reactive ketones (excluding diaryl/α,β-unsaturated/α-hetero) is 1. The van der Waals surface area contributed by atoms with Gasteiger partial charge in [-0.2, -0.15) is 0 Å². The van der Waals surface area contributed by atoms with Crippen LogP contribution >= 0.6 is 0 Å². The Morgan fingerprint density at radius 3 is 2.29 bits per heavy atom. The highest BCUT2D eigenvalue weighted by molar-refractivity contribution is 6.05. The Bertz CT molecular complexity index is 382. The minimum atomic E-state index is -0.623. The maximum atomic E-state index is 11.7. The lowest BCUT2D eigenvalue weighted by Crippen LogP contribution is -2.45. The van der Waals surface area contributed by atoms with Gasteiger partial charge in [0.15, 0.2) is 0 Å². The van der Waals surface area contributed by atoms with E-state index in [9.17, 15) is 9.59 Å². The molecule has 0 atom stereocenters. The normalized spacial score (nSPS) is 23.4. The third-order valence-electron chi connectivity index (χ3n) is 2.89. The molecule has 0 aromatic rings. The third-order valence-corrected chi connectivity index (χ3v) is 2.89. The van der Waals surface area contributed by atoms with E-state index < -0.39 is 5.41 Å². The first-order chi connectivity index (χ1) is 6.64. The Morgan fingerprint density at radius 1 is 1.21 bits per heavy atom. The predicted molar refractivity (Wildman–Crippen MR) is 52.2 cm³/mol. The molecule has 2 rings (SSSR count). The molecule has 1 fully saturated rings. The molecule has 14 heavy (non-hydrogen) atoms. The van der Waals surface area contributed by atoms with Crippen LogP contribution in [0.2, 0.25) is 0 Å². The molecule has 2 aliphatic rings. The van der Waals surface area contributed by atoms with Gasteiger partial charge in [0.25, 0.3) is 0 Å². The van der Waals surface area contributed by atoms with Crippen molar-refractivity contribution >= 4 is 11.7 Å². The standard InChI is InChI=1S/C11H11NO2/c1-3-8-9(4-2)12-10(14)11(8)5-7(13)6-11/h3-4H,1-2,5-6H2,(H,12,14). The van der Waals surface area contributed by atoms with Crippen molar-refractivity contribution in [3.63, 3.8) is 0 Å². The number of hydrogen-bond acceptors (Lipinski definition) is 2. The summed E-state index contributed by atoms with van der Waals surface area (Å²) in [6, 6.07) is 0. The first kappa shape index (κ1) is 8.94. The van der Waals surface area contributed by atoms with E-state index in [1.807, 2.05) is 0 Å². The van der Waals surface area contributed by atoms with Gasteiger partial charge in [0.1, 0.15) is 5.78 Å². The molecule has 0 aromatic heterocycles. The summed E-state index contributed by atoms with van der Waals surface area (Å²) in [6.45, 7) is 7.28. The van der Waals surface area contributed by atoms with Crippen molar-refractivity contribution in [1.82, 2.24) is 5.32 Å². The number of rotatable bonds is 2. The number of hydrogen-bond donors (Lipinski definition) is 1. The molecule has 1 aliphatic heterocycles. The number of allylic oxidation sites excluding steroid dienone is 2. The molecule has 72 valence electrons. The Kier molecular flexibility index (Phi) is 1.71. The largest absolute Gasteiger partial charge is 0.325 e. The second kappa shape index (κ2) is 2.67. The molecule has 1 saturated carbocycles. The maximum Gasteiger partial charge on any atom is 0.236 e. The zero-order valence-electron chi connectivity index (χ0n) is 7.80. The molecule has 1 spiro atoms. The van der Waals surface area contributed by atoms with Crippen LogP contribution in [-0.2, 0) is 9.59 Å². The van der Waals surface area contributed by atoms with E-state index in [1.165, 1.54) is 0 Å². The van der Waals surface area contributed by atoms with Gasteiger partial charge in [0.2, 0.25) is 5.91 Å². The summed E-state index contributed by atoms with van der Waals surface area (Å²) in [6.07, 6.45) is 3.84. The minimum Gasteiger partial charge on any atom is -0.325 e. The van der Waals surface area contributed by atoms with Crippen LogP contribution in [0.15, 0.2) is 36.6 Å². The number of carbonyl (C=O) groups excluding carboxylic acids is 2. The molecule has 1 amide bonds. The molecule has 1 heterocycles. The number of nitrogens with one attached hydrogen (secondary N) is 1. The topological polar surface area (TPSA) is 46.2 Å². The molecule has 0 bridgehead atoms. The van der Waals surface area contributed by atoms with Crippen molar-refractivity contribution in [2.45, 2.75) is 12.8 Å². The zero-order valence-corrected chi connectivity index (χ0v) is 7.80. The minimum absolute atomic E-state index is 0.0955. The molecule has 0 radical (unpaired) electrons. The summed E-state index contributed by atoms with van der Waals surface area (Å²) in [5.74, 6) is 0.0340. The predicted octanol–water partition coefficient (Wildman–Crippen LogP) is 1.09. The fraction of sp³-hybridized carbons (Fsp3) is 0.273. The van der Waals surface area contributed by atoms with E-state index in [1.54, 1.807) is 12.2 Å². The second-order valence-electron chi connectivity index (χ2n) is 3.66. The molecular formula is C11H11NO2. The molecule has 1 aliphatic carbocycles. The second-order valence-corrected chi connectivity index (χ2v) is 3.66. The van der Waals surface area contributed by atoms with Crippen molar-refractivity contribution in [1.29, 1.82) is 0 Å². The van der Waals surface area contributed by atoms with Crippen LogP contribution in [0.5, 0.6) is 0 Å². The highest BCUT2D eigenvalue weighted by Gasteiger charge is 2.55. The summed E-state index contributed by atoms with van der Waals surface area (Å²) in [4.78, 5) is 22.7. The van der Waals surface area contributed by atoms with E-state index in [-0.39, 0.29) is 11.7 Å². The number of amides is 1. The average Bonchev–Trinajstić information content (AvgIpc) is 2.39. The molecule has 3 heteroatoms. The van der Waals surface area contributed by atoms with Crippen LogP contribution in [0.1, 0.15) is 12.8 Å². The maximum absolute atomic E-state index is 11.7. The van der Waals surface area contributed by atoms with Crippen LogP contribution in [0, 0.1) is 5.41 Å². The number of carbonyl (C=O) groups is 2. The van der Waals surface area contributed by atoms with Crippen molar-refractivity contribution in [2.24, 2.45) is 5.41 Å². The lowest BCUT2D eigenvalue weighted by atomic mass is 9.63. The summed E-state index contributed by atoms with van der Waals surface area (Å²) in [5.41, 5.74) is 0.886. The average molecular weight is 189 g/mol. The lowest BCUT2D eigenvalue weighted by Gasteiger charge is -2.35. The van der Waals surface area contributed by atoms with Crippen molar-refractivity contribution in [3.8, 4) is 0 Å². The lowest BCUT2D eigenvalue weighted by molar-refractivity contribution is -0.142. The van der Waals surface area contributed by atoms with Crippen LogP contribution in [0.3, 0.4) is 0 Å². The van der Waals surface area contributed by atoms with Crippen molar-refractivity contribution in [2.75, 3.05) is 0 Å². The van der Waals surface area contributed by atoms with Crippen LogP contribution in [0.4, 0.5) is 0 Å². The molecule has 0 aromatic carbocycles. The van der Waals surface area contributed by atoms with Gasteiger partial charge in [0.05, 0.1) is 5.41 Å². The van der Waals surface area contributed by atoms with E-state index in [2.05, 4.69) is 18.5 Å². The highest BCUT2D eigenvalue weighted by atomic mass is 16.2. The SMILES string of the molecule is C=CC1=C(C=C)C2(CC(=O)C2)C(=O)N1. The summed E-state index contributed by atoms with van der Waals surface area (Å²) >= 11 is 0. The van der Waals surface area contributed by atoms with Gasteiger partial charge in [-0.1, -0.05) is 19.2 Å². The van der Waals surface area contributed by atoms with Crippen LogP contribution in [0.25, 0.3) is 0 Å². The van der Waals surface area contributed by atoms with Gasteiger partial charge in [-0.3, -0.25) is 9.59 Å². The Hall–Kier alpha value is -1.64. The molecule has 1 N–H and O–H groups in total. The summed E-state index contributed by atoms with van der Waals surface area (Å²) < 4.78 is 0. The first-order valence-corrected chi connectivity index (χ1v) is 4.47. The number of ketones is 1. The van der Waals surface area contributed by atoms with Crippen LogP contribution < -0.4 is 5.32 Å². The van der Waals surface area contributed by atoms with Gasteiger partial charge in [-0.15, -0.1) is 0 Å². The fourth-order valence-corrected chi connectivity index (χ4v) is 2.13. The first-order valence-electron chi connectivity index (χ1n) is 4.47. The monoisotopic (exact) mass is 189 g/mol. The summed E-state index contributed by atoms with van der Waals surface area (Å²) in [5, 5.41) is 2.72. The smallest absolute Gasteiger partial charge is 0.236 e. The van der Waals surface area contributed by atoms with E-state index in [0.717, 1.165) is 5.57 Å². The third kappa shape index (κ3) is 0.867. The Balaban J connectivity index is 2.46. The molecule has 0 saturated heterocycles. The Morgan fingerprint density at radius 2 is 1.86 bits per heavy atom. The van der Waals surface area contributed by atoms with Gasteiger partial charge in [0, 0.05) is 18.5 Å². The zero-order chi connectivity index (χ0) is 10.3. The molecular weight excluding hydrogens is 178 g/mol.